The summed E-state index contributed by atoms with van der Waals surface area (Å²) in [6.07, 6.45) is 2.96. The number of hydrogen-bond acceptors (Lipinski definition) is 3. The van der Waals surface area contributed by atoms with Gasteiger partial charge in [-0.2, -0.15) is 0 Å². The second-order valence-corrected chi connectivity index (χ2v) is 3.16. The van der Waals surface area contributed by atoms with Crippen LogP contribution < -0.4 is 0 Å². The number of amides is 1. The number of nitrogens with one attached hydrogen (secondary N) is 2. The molecule has 1 aromatic rings. The molecule has 0 aromatic carbocycles. The number of imidazole rings is 1. The summed E-state index contributed by atoms with van der Waals surface area (Å²) in [4.78, 5) is 28.4. The van der Waals surface area contributed by atoms with Gasteiger partial charge < -0.3 is 25.9 Å². The molecule has 17 heavy (non-hydrogen) atoms. The number of carboxylic acid groups (broad SMARTS) is 1. The summed E-state index contributed by atoms with van der Waals surface area (Å²) in [6.45, 7) is -0.0846. The third kappa shape index (κ3) is 5.56. The van der Waals surface area contributed by atoms with Gasteiger partial charge in [-0.05, 0) is 18.9 Å². The van der Waals surface area contributed by atoms with E-state index in [-0.39, 0.29) is 38.9 Å². The Labute approximate surface area is 111 Å². The van der Waals surface area contributed by atoms with E-state index in [4.69, 9.17) is 10.8 Å². The summed E-state index contributed by atoms with van der Waals surface area (Å²) >= 11 is 0. The van der Waals surface area contributed by atoms with E-state index in [9.17, 15) is 9.59 Å². The summed E-state index contributed by atoms with van der Waals surface area (Å²) in [5.74, 6) is -1.71. The number of aliphatic carboxylic acids is 1. The average Bonchev–Trinajstić information content (AvgIpc) is 2.69. The molecule has 0 bridgehead atoms. The van der Waals surface area contributed by atoms with E-state index in [0.717, 1.165) is 0 Å². The second kappa shape index (κ2) is 7.92. The summed E-state index contributed by atoms with van der Waals surface area (Å²) < 4.78 is 0. The predicted molar refractivity (Wildman–Crippen MR) is 55.9 cm³/mol. The topological polar surface area (TPSA) is 121 Å². The fraction of sp³-hybridized carbons (Fsp3) is 0.444. The van der Waals surface area contributed by atoms with Crippen molar-refractivity contribution in [2.45, 2.75) is 18.9 Å². The fourth-order valence-electron chi connectivity index (χ4n) is 1.14. The van der Waals surface area contributed by atoms with E-state index in [2.05, 4.69) is 15.3 Å². The first-order chi connectivity index (χ1) is 7.63. The van der Waals surface area contributed by atoms with Crippen LogP contribution in [0.2, 0.25) is 0 Å². The zero-order valence-electron chi connectivity index (χ0n) is 9.22. The molecule has 0 saturated heterocycles. The van der Waals surface area contributed by atoms with Crippen LogP contribution in [0.1, 0.15) is 12.1 Å². The molecule has 1 rings (SSSR count). The molecule has 8 heteroatoms. The average molecular weight is 290 g/mol. The standard InChI is InChI=1S/C9H13N4O3.Zn/c10-2-1-8(14)13-7(9(15)16)3-6-4-11-5-12-6;/h4-5,7,10H,1-3H2,(H3,11,12,13,14,15,16);/q-1;+2/p-1/t7-;/m0./s1. The number of carboxylic acids is 1. The van der Waals surface area contributed by atoms with Crippen molar-refractivity contribution in [2.24, 2.45) is 0 Å². The molecular formula is C9H12N4O3Zn. The maximum Gasteiger partial charge on any atom is 2.00 e. The summed E-state index contributed by atoms with van der Waals surface area (Å²) in [6, 6.07) is -1.11. The molecule has 0 radical (unpaired) electrons. The Morgan fingerprint density at radius 2 is 2.29 bits per heavy atom. The largest absolute Gasteiger partial charge is 2.00 e. The minimum Gasteiger partial charge on any atom is -0.677 e. The molecule has 0 fully saturated rings. The van der Waals surface area contributed by atoms with Gasteiger partial charge in [0.25, 0.3) is 5.97 Å². The number of aromatic amines is 1. The maximum absolute atomic E-state index is 11.1. The van der Waals surface area contributed by atoms with E-state index in [1.54, 1.807) is 0 Å². The van der Waals surface area contributed by atoms with E-state index in [0.29, 0.717) is 5.69 Å². The van der Waals surface area contributed by atoms with Crippen LogP contribution in [0.5, 0.6) is 0 Å². The first-order valence-corrected chi connectivity index (χ1v) is 4.71. The fourth-order valence-corrected chi connectivity index (χ4v) is 1.14. The van der Waals surface area contributed by atoms with Crippen LogP contribution in [0, 0.1) is 0 Å². The van der Waals surface area contributed by atoms with Crippen LogP contribution in [0.3, 0.4) is 0 Å². The third-order valence-corrected chi connectivity index (χ3v) is 1.89. The Hall–Kier alpha value is -1.27. The zero-order valence-corrected chi connectivity index (χ0v) is 12.2. The Kier molecular flexibility index (Phi) is 7.33. The van der Waals surface area contributed by atoms with Crippen LogP contribution in [0.4, 0.5) is 0 Å². The Morgan fingerprint density at radius 3 is 2.76 bits per heavy atom. The first-order valence-electron chi connectivity index (χ1n) is 4.71. The number of nitrogens with zero attached hydrogens (tertiary/aromatic N) is 2. The van der Waals surface area contributed by atoms with Crippen LogP contribution in [-0.2, 0) is 35.5 Å². The quantitative estimate of drug-likeness (QED) is 0.750. The van der Waals surface area contributed by atoms with Gasteiger partial charge in [-0.15, -0.1) is 6.54 Å². The summed E-state index contributed by atoms with van der Waals surface area (Å²) in [5.41, 5.74) is 7.44. The molecule has 1 amide bonds. The van der Waals surface area contributed by atoms with Crippen LogP contribution in [0.15, 0.2) is 12.5 Å². The molecule has 0 aliphatic heterocycles. The molecule has 1 atom stereocenters. The number of carbonyl (C=O) groups excluding carboxylic acids is 1. The molecule has 0 spiro atoms. The number of H-pyrrole nitrogens is 1. The minimum absolute atomic E-state index is 0. The molecule has 88 valence electrons. The number of aromatic nitrogens is 2. The molecule has 7 nitrogen and oxygen atoms in total. The minimum atomic E-state index is -1.16. The predicted octanol–water partition coefficient (Wildman–Crippen LogP) is 0.746. The van der Waals surface area contributed by atoms with Crippen molar-refractivity contribution in [2.75, 3.05) is 6.54 Å². The number of carbonyl (C=O) groups is 2. The summed E-state index contributed by atoms with van der Waals surface area (Å²) in [5, 5.41) is 12.4. The molecule has 0 aliphatic carbocycles. The van der Waals surface area contributed by atoms with Gasteiger partial charge in [0.05, 0.1) is 6.33 Å². The third-order valence-electron chi connectivity index (χ3n) is 1.89. The van der Waals surface area contributed by atoms with Crippen molar-refractivity contribution in [3.8, 4) is 0 Å². The van der Waals surface area contributed by atoms with Crippen molar-refractivity contribution in [1.82, 2.24) is 9.97 Å². The Bertz CT molecular complexity index is 355. The van der Waals surface area contributed by atoms with Crippen molar-refractivity contribution in [1.29, 1.82) is 0 Å². The smallest absolute Gasteiger partial charge is 0.677 e. The Morgan fingerprint density at radius 1 is 1.59 bits per heavy atom. The van der Waals surface area contributed by atoms with E-state index < -0.39 is 17.9 Å². The van der Waals surface area contributed by atoms with E-state index in [1.165, 1.54) is 12.5 Å². The van der Waals surface area contributed by atoms with Crippen molar-refractivity contribution in [3.05, 3.63) is 29.3 Å². The molecule has 0 unspecified atom stereocenters. The van der Waals surface area contributed by atoms with Crippen LogP contribution >= 0.6 is 0 Å². The van der Waals surface area contributed by atoms with Crippen molar-refractivity contribution in [3.63, 3.8) is 0 Å². The molecule has 1 heterocycles. The SMILES string of the molecule is [NH-]CCC(=O)[N-][C@@H](Cc1cnc[nH]1)C(=O)O.[Zn+2]. The van der Waals surface area contributed by atoms with E-state index in [1.807, 2.05) is 0 Å². The number of rotatable bonds is 6. The van der Waals surface area contributed by atoms with Crippen LogP contribution in [-0.4, -0.2) is 39.5 Å². The molecule has 0 saturated carbocycles. The van der Waals surface area contributed by atoms with Gasteiger partial charge in [-0.3, -0.25) is 4.79 Å². The van der Waals surface area contributed by atoms with Gasteiger partial charge in [-0.1, -0.05) is 0 Å². The zero-order chi connectivity index (χ0) is 12.0. The summed E-state index contributed by atoms with van der Waals surface area (Å²) in [7, 11) is 0. The first kappa shape index (κ1) is 15.7. The van der Waals surface area contributed by atoms with Crippen molar-refractivity contribution < 1.29 is 34.2 Å². The van der Waals surface area contributed by atoms with Crippen molar-refractivity contribution >= 4 is 11.9 Å². The van der Waals surface area contributed by atoms with Gasteiger partial charge in [0, 0.05) is 17.8 Å². The van der Waals surface area contributed by atoms with Gasteiger partial charge >= 0.3 is 19.5 Å². The van der Waals surface area contributed by atoms with Gasteiger partial charge in [0.1, 0.15) is 0 Å². The monoisotopic (exact) mass is 288 g/mol. The normalized spacial score (nSPS) is 11.4. The van der Waals surface area contributed by atoms with Gasteiger partial charge in [0.15, 0.2) is 0 Å². The maximum atomic E-state index is 11.1. The van der Waals surface area contributed by atoms with Gasteiger partial charge in [0.2, 0.25) is 0 Å². The molecule has 0 aliphatic rings. The molecule has 1 aromatic heterocycles. The number of hydrogen-bond donors (Lipinski definition) is 2. The molecule has 3 N–H and O–H groups in total. The van der Waals surface area contributed by atoms with E-state index >= 15 is 0 Å². The van der Waals surface area contributed by atoms with Crippen LogP contribution in [0.25, 0.3) is 11.1 Å². The Balaban J connectivity index is 0.00000256. The van der Waals surface area contributed by atoms with Gasteiger partial charge in [-0.25, -0.2) is 4.98 Å². The molecular weight excluding hydrogens is 278 g/mol. The second-order valence-electron chi connectivity index (χ2n) is 3.16.